The van der Waals surface area contributed by atoms with Gasteiger partial charge in [0, 0.05) is 5.54 Å². The van der Waals surface area contributed by atoms with Crippen LogP contribution in [0.25, 0.3) is 0 Å². The van der Waals surface area contributed by atoms with Crippen molar-refractivity contribution in [1.82, 2.24) is 0 Å². The molecule has 0 aromatic heterocycles. The average Bonchev–Trinajstić information content (AvgIpc) is 2.87. The lowest BCUT2D eigenvalue weighted by molar-refractivity contribution is 0.605. The fraction of sp³-hybridized carbons (Fsp3) is 0.455. The van der Waals surface area contributed by atoms with E-state index in [1.54, 1.807) is 12.1 Å². The minimum Gasteiger partial charge on any atom is -0.325 e. The van der Waals surface area contributed by atoms with Crippen molar-refractivity contribution in [2.24, 2.45) is 5.73 Å². The topological polar surface area (TPSA) is 26.0 Å². The molecular weight excluding hydrogens is 201 g/mol. The van der Waals surface area contributed by atoms with Crippen molar-refractivity contribution in [3.8, 4) is 0 Å². The third-order valence-corrected chi connectivity index (χ3v) is 3.08. The number of hydrogen-bond acceptors (Lipinski definition) is 1. The van der Waals surface area contributed by atoms with E-state index >= 15 is 0 Å². The van der Waals surface area contributed by atoms with Gasteiger partial charge in [0.1, 0.15) is 5.82 Å². The van der Waals surface area contributed by atoms with Crippen LogP contribution >= 0.6 is 11.6 Å². The van der Waals surface area contributed by atoms with Crippen LogP contribution in [0.15, 0.2) is 18.2 Å². The molecule has 0 bridgehead atoms. The zero-order chi connectivity index (χ0) is 10.2. The molecule has 14 heavy (non-hydrogen) atoms. The van der Waals surface area contributed by atoms with Crippen LogP contribution in [0.5, 0.6) is 0 Å². The number of benzene rings is 1. The van der Waals surface area contributed by atoms with Crippen molar-refractivity contribution < 1.29 is 4.39 Å². The Hall–Kier alpha value is -0.600. The molecule has 1 saturated carbocycles. The minimum atomic E-state index is -0.357. The van der Waals surface area contributed by atoms with Gasteiger partial charge in [-0.25, -0.2) is 4.39 Å². The van der Waals surface area contributed by atoms with E-state index in [9.17, 15) is 4.39 Å². The van der Waals surface area contributed by atoms with E-state index in [2.05, 4.69) is 0 Å². The maximum Gasteiger partial charge on any atom is 0.141 e. The van der Waals surface area contributed by atoms with E-state index in [-0.39, 0.29) is 16.4 Å². The molecule has 0 unspecified atom stereocenters. The smallest absolute Gasteiger partial charge is 0.141 e. The van der Waals surface area contributed by atoms with Crippen LogP contribution in [0.2, 0.25) is 5.02 Å². The molecule has 1 aliphatic rings. The first-order valence-corrected chi connectivity index (χ1v) is 5.20. The van der Waals surface area contributed by atoms with Gasteiger partial charge < -0.3 is 5.73 Å². The van der Waals surface area contributed by atoms with Gasteiger partial charge >= 0.3 is 0 Å². The van der Waals surface area contributed by atoms with Crippen LogP contribution in [0, 0.1) is 5.82 Å². The second kappa shape index (κ2) is 3.52. The van der Waals surface area contributed by atoms with Crippen LogP contribution in [0.4, 0.5) is 4.39 Å². The zero-order valence-electron chi connectivity index (χ0n) is 7.89. The summed E-state index contributed by atoms with van der Waals surface area (Å²) >= 11 is 5.67. The molecule has 0 radical (unpaired) electrons. The summed E-state index contributed by atoms with van der Waals surface area (Å²) in [5.74, 6) is -0.357. The lowest BCUT2D eigenvalue weighted by Gasteiger charge is -2.08. The summed E-state index contributed by atoms with van der Waals surface area (Å²) in [7, 11) is 0. The molecule has 0 heterocycles. The van der Waals surface area contributed by atoms with Crippen LogP contribution < -0.4 is 5.73 Å². The number of hydrogen-bond donors (Lipinski definition) is 1. The molecular formula is C11H13ClFN. The first-order valence-electron chi connectivity index (χ1n) is 4.82. The molecule has 76 valence electrons. The maximum atomic E-state index is 12.8. The molecule has 1 aliphatic carbocycles. The summed E-state index contributed by atoms with van der Waals surface area (Å²) in [6.45, 7) is 0. The summed E-state index contributed by atoms with van der Waals surface area (Å²) in [6.07, 6.45) is 4.08. The summed E-state index contributed by atoms with van der Waals surface area (Å²) in [4.78, 5) is 0. The fourth-order valence-electron chi connectivity index (χ4n) is 1.50. The SMILES string of the molecule is NC1(CCc2ccc(F)c(Cl)c2)CC1. The molecule has 1 aromatic rings. The summed E-state index contributed by atoms with van der Waals surface area (Å²) < 4.78 is 12.8. The van der Waals surface area contributed by atoms with E-state index in [0.29, 0.717) is 0 Å². The van der Waals surface area contributed by atoms with Gasteiger partial charge in [-0.05, 0) is 43.4 Å². The number of halogens is 2. The number of nitrogens with two attached hydrogens (primary N) is 1. The standard InChI is InChI=1S/C11H13ClFN/c12-9-7-8(1-2-10(9)13)3-4-11(14)5-6-11/h1-2,7H,3-6,14H2. The molecule has 0 spiro atoms. The van der Waals surface area contributed by atoms with E-state index < -0.39 is 0 Å². The number of rotatable bonds is 3. The van der Waals surface area contributed by atoms with Crippen molar-refractivity contribution in [2.45, 2.75) is 31.2 Å². The van der Waals surface area contributed by atoms with Gasteiger partial charge in [-0.1, -0.05) is 17.7 Å². The lowest BCUT2D eigenvalue weighted by Crippen LogP contribution is -2.22. The van der Waals surface area contributed by atoms with Gasteiger partial charge in [0.2, 0.25) is 0 Å². The molecule has 0 amide bonds. The Balaban J connectivity index is 1.99. The van der Waals surface area contributed by atoms with Crippen molar-refractivity contribution in [3.63, 3.8) is 0 Å². The molecule has 0 aliphatic heterocycles. The van der Waals surface area contributed by atoms with E-state index in [1.165, 1.54) is 6.07 Å². The van der Waals surface area contributed by atoms with Gasteiger partial charge in [-0.2, -0.15) is 0 Å². The third kappa shape index (κ3) is 2.25. The Morgan fingerprint density at radius 2 is 2.14 bits per heavy atom. The Bertz CT molecular complexity index is 347. The normalized spacial score (nSPS) is 18.2. The lowest BCUT2D eigenvalue weighted by atomic mass is 10.0. The highest BCUT2D eigenvalue weighted by atomic mass is 35.5. The minimum absolute atomic E-state index is 0.0564. The largest absolute Gasteiger partial charge is 0.325 e. The summed E-state index contributed by atoms with van der Waals surface area (Å²) in [5, 5.41) is 0.198. The quantitative estimate of drug-likeness (QED) is 0.821. The molecule has 1 fully saturated rings. The highest BCUT2D eigenvalue weighted by Gasteiger charge is 2.37. The first-order chi connectivity index (χ1) is 6.59. The Kier molecular flexibility index (Phi) is 2.50. The van der Waals surface area contributed by atoms with E-state index in [1.807, 2.05) is 0 Å². The van der Waals surface area contributed by atoms with Crippen LogP contribution in [0.1, 0.15) is 24.8 Å². The highest BCUT2D eigenvalue weighted by Crippen LogP contribution is 2.36. The zero-order valence-corrected chi connectivity index (χ0v) is 8.65. The highest BCUT2D eigenvalue weighted by molar-refractivity contribution is 6.30. The molecule has 3 heteroatoms. The Morgan fingerprint density at radius 3 is 2.71 bits per heavy atom. The van der Waals surface area contributed by atoms with Crippen molar-refractivity contribution in [2.75, 3.05) is 0 Å². The molecule has 2 N–H and O–H groups in total. The van der Waals surface area contributed by atoms with E-state index in [4.69, 9.17) is 17.3 Å². The van der Waals surface area contributed by atoms with Gasteiger partial charge in [0.15, 0.2) is 0 Å². The van der Waals surface area contributed by atoms with Gasteiger partial charge in [0.25, 0.3) is 0 Å². The average molecular weight is 214 g/mol. The maximum absolute atomic E-state index is 12.8. The first kappa shape index (κ1) is 9.94. The predicted molar refractivity (Wildman–Crippen MR) is 55.9 cm³/mol. The van der Waals surface area contributed by atoms with Gasteiger partial charge in [0.05, 0.1) is 5.02 Å². The molecule has 1 aromatic carbocycles. The monoisotopic (exact) mass is 213 g/mol. The number of aryl methyl sites for hydroxylation is 1. The van der Waals surface area contributed by atoms with Crippen LogP contribution in [-0.2, 0) is 6.42 Å². The second-order valence-electron chi connectivity index (χ2n) is 4.11. The second-order valence-corrected chi connectivity index (χ2v) is 4.52. The Labute approximate surface area is 88.1 Å². The fourth-order valence-corrected chi connectivity index (χ4v) is 1.70. The summed E-state index contributed by atoms with van der Waals surface area (Å²) in [6, 6.07) is 4.86. The molecule has 0 atom stereocenters. The van der Waals surface area contributed by atoms with Crippen molar-refractivity contribution >= 4 is 11.6 Å². The van der Waals surface area contributed by atoms with Crippen LogP contribution in [0.3, 0.4) is 0 Å². The molecule has 0 saturated heterocycles. The third-order valence-electron chi connectivity index (χ3n) is 2.79. The van der Waals surface area contributed by atoms with E-state index in [0.717, 1.165) is 31.2 Å². The van der Waals surface area contributed by atoms with Gasteiger partial charge in [-0.3, -0.25) is 0 Å². The molecule has 2 rings (SSSR count). The van der Waals surface area contributed by atoms with Gasteiger partial charge in [-0.15, -0.1) is 0 Å². The molecule has 1 nitrogen and oxygen atoms in total. The van der Waals surface area contributed by atoms with Crippen LogP contribution in [-0.4, -0.2) is 5.54 Å². The van der Waals surface area contributed by atoms with Crippen molar-refractivity contribution in [3.05, 3.63) is 34.6 Å². The van der Waals surface area contributed by atoms with Crippen molar-refractivity contribution in [1.29, 1.82) is 0 Å². The summed E-state index contributed by atoms with van der Waals surface area (Å²) in [5.41, 5.74) is 7.07. The Morgan fingerprint density at radius 1 is 1.43 bits per heavy atom. The predicted octanol–water partition coefficient (Wildman–Crippen LogP) is 2.90.